The molecular formula is C14H21NO3. The average molecular weight is 251 g/mol. The van der Waals surface area contributed by atoms with Crippen LogP contribution in [0.5, 0.6) is 5.75 Å². The predicted octanol–water partition coefficient (Wildman–Crippen LogP) is 2.88. The Morgan fingerprint density at radius 3 is 2.56 bits per heavy atom. The second kappa shape index (κ2) is 8.53. The van der Waals surface area contributed by atoms with Crippen LogP contribution >= 0.6 is 0 Å². The summed E-state index contributed by atoms with van der Waals surface area (Å²) in [6.45, 7) is 5.92. The lowest BCUT2D eigenvalue weighted by atomic mass is 10.1. The molecule has 100 valence electrons. The van der Waals surface area contributed by atoms with Crippen LogP contribution in [0.3, 0.4) is 0 Å². The van der Waals surface area contributed by atoms with E-state index in [4.69, 9.17) is 14.7 Å². The summed E-state index contributed by atoms with van der Waals surface area (Å²) >= 11 is 0. The van der Waals surface area contributed by atoms with Crippen molar-refractivity contribution in [1.82, 2.24) is 0 Å². The van der Waals surface area contributed by atoms with Crippen LogP contribution in [0.25, 0.3) is 0 Å². The Bertz CT molecular complexity index is 360. The van der Waals surface area contributed by atoms with E-state index in [0.717, 1.165) is 30.9 Å². The molecule has 0 saturated carbocycles. The molecule has 1 rings (SSSR count). The van der Waals surface area contributed by atoms with Gasteiger partial charge in [0.2, 0.25) is 0 Å². The quantitative estimate of drug-likeness (QED) is 0.334. The third kappa shape index (κ3) is 5.68. The second-order valence-corrected chi connectivity index (χ2v) is 4.05. The summed E-state index contributed by atoms with van der Waals surface area (Å²) in [5.41, 5.74) is 1.80. The zero-order valence-corrected chi connectivity index (χ0v) is 11.1. The molecule has 0 saturated heterocycles. The van der Waals surface area contributed by atoms with Gasteiger partial charge >= 0.3 is 0 Å². The van der Waals surface area contributed by atoms with Gasteiger partial charge in [-0.1, -0.05) is 17.3 Å². The normalized spacial score (nSPS) is 11.6. The van der Waals surface area contributed by atoms with Crippen molar-refractivity contribution in [3.05, 3.63) is 29.8 Å². The van der Waals surface area contributed by atoms with Crippen LogP contribution in [-0.4, -0.2) is 30.7 Å². The van der Waals surface area contributed by atoms with Gasteiger partial charge in [-0.15, -0.1) is 0 Å². The van der Waals surface area contributed by atoms with E-state index < -0.39 is 0 Å². The molecular weight excluding hydrogens is 230 g/mol. The molecule has 0 aliphatic carbocycles. The Labute approximate surface area is 108 Å². The van der Waals surface area contributed by atoms with Crippen LogP contribution in [0.4, 0.5) is 0 Å². The fraction of sp³-hybridized carbons (Fsp3) is 0.500. The molecule has 4 heteroatoms. The lowest BCUT2D eigenvalue weighted by molar-refractivity contribution is 0.131. The largest absolute Gasteiger partial charge is 0.494 e. The van der Waals surface area contributed by atoms with Gasteiger partial charge in [-0.2, -0.15) is 0 Å². The van der Waals surface area contributed by atoms with Crippen LogP contribution in [0.2, 0.25) is 0 Å². The highest BCUT2D eigenvalue weighted by molar-refractivity contribution is 5.83. The summed E-state index contributed by atoms with van der Waals surface area (Å²) in [4.78, 5) is 0. The van der Waals surface area contributed by atoms with Crippen molar-refractivity contribution in [3.63, 3.8) is 0 Å². The molecule has 0 aromatic heterocycles. The Morgan fingerprint density at radius 1 is 1.22 bits per heavy atom. The van der Waals surface area contributed by atoms with Gasteiger partial charge in [0.25, 0.3) is 0 Å². The summed E-state index contributed by atoms with van der Waals surface area (Å²) in [6, 6.07) is 7.82. The predicted molar refractivity (Wildman–Crippen MR) is 71.6 cm³/mol. The zero-order valence-electron chi connectivity index (χ0n) is 11.1. The van der Waals surface area contributed by atoms with E-state index in [0.29, 0.717) is 18.7 Å². The summed E-state index contributed by atoms with van der Waals surface area (Å²) in [7, 11) is 0. The monoisotopic (exact) mass is 251 g/mol. The maximum absolute atomic E-state index is 8.59. The molecule has 4 nitrogen and oxygen atoms in total. The number of benzene rings is 1. The Morgan fingerprint density at radius 2 is 1.94 bits per heavy atom. The number of rotatable bonds is 8. The van der Waals surface area contributed by atoms with Crippen LogP contribution < -0.4 is 4.74 Å². The van der Waals surface area contributed by atoms with E-state index in [2.05, 4.69) is 5.16 Å². The lowest BCUT2D eigenvalue weighted by Gasteiger charge is -2.07. The molecule has 0 aliphatic heterocycles. The molecule has 0 spiro atoms. The molecule has 1 aromatic carbocycles. The summed E-state index contributed by atoms with van der Waals surface area (Å²) in [6.07, 6.45) is 1.55. The Hall–Kier alpha value is -1.55. The molecule has 0 unspecified atom stereocenters. The van der Waals surface area contributed by atoms with Gasteiger partial charge in [0.05, 0.1) is 12.3 Å². The van der Waals surface area contributed by atoms with Gasteiger partial charge in [-0.05, 0) is 31.5 Å². The van der Waals surface area contributed by atoms with E-state index >= 15 is 0 Å². The Balaban J connectivity index is 2.31. The molecule has 0 radical (unpaired) electrons. The number of hydrogen-bond donors (Lipinski definition) is 1. The minimum absolute atomic E-state index is 0.654. The SMILES string of the molecule is CCOCCCOc1ccc(C/C(C)=N/O)cc1. The number of hydrogen-bond acceptors (Lipinski definition) is 4. The van der Waals surface area contributed by atoms with Crippen molar-refractivity contribution in [2.24, 2.45) is 5.16 Å². The first-order valence-corrected chi connectivity index (χ1v) is 6.23. The standard InChI is InChI=1S/C14H21NO3/c1-3-17-9-4-10-18-14-7-5-13(6-8-14)11-12(2)15-16/h5-8,16H,3-4,9-11H2,1-2H3/b15-12+. The van der Waals surface area contributed by atoms with E-state index in [1.54, 1.807) is 6.92 Å². The van der Waals surface area contributed by atoms with Crippen molar-refractivity contribution in [2.75, 3.05) is 19.8 Å². The van der Waals surface area contributed by atoms with Crippen molar-refractivity contribution >= 4 is 5.71 Å². The van der Waals surface area contributed by atoms with Crippen molar-refractivity contribution in [2.45, 2.75) is 26.7 Å². The lowest BCUT2D eigenvalue weighted by Crippen LogP contribution is -2.03. The number of nitrogens with zero attached hydrogens (tertiary/aromatic N) is 1. The van der Waals surface area contributed by atoms with E-state index in [1.165, 1.54) is 0 Å². The van der Waals surface area contributed by atoms with Crippen LogP contribution in [0.1, 0.15) is 25.8 Å². The first-order valence-electron chi connectivity index (χ1n) is 6.23. The number of ether oxygens (including phenoxy) is 2. The highest BCUT2D eigenvalue weighted by atomic mass is 16.5. The van der Waals surface area contributed by atoms with E-state index in [-0.39, 0.29) is 0 Å². The van der Waals surface area contributed by atoms with Crippen LogP contribution in [0.15, 0.2) is 29.4 Å². The Kier molecular flexibility index (Phi) is 6.87. The molecule has 1 N–H and O–H groups in total. The zero-order chi connectivity index (χ0) is 13.2. The van der Waals surface area contributed by atoms with E-state index in [9.17, 15) is 0 Å². The van der Waals surface area contributed by atoms with E-state index in [1.807, 2.05) is 31.2 Å². The van der Waals surface area contributed by atoms with Crippen LogP contribution in [0, 0.1) is 0 Å². The highest BCUT2D eigenvalue weighted by Crippen LogP contribution is 2.13. The third-order valence-electron chi connectivity index (χ3n) is 2.46. The topological polar surface area (TPSA) is 51.0 Å². The maximum atomic E-state index is 8.59. The van der Waals surface area contributed by atoms with Gasteiger partial charge < -0.3 is 14.7 Å². The summed E-state index contributed by atoms with van der Waals surface area (Å²) in [5.74, 6) is 0.855. The average Bonchev–Trinajstić information content (AvgIpc) is 2.40. The molecule has 0 amide bonds. The second-order valence-electron chi connectivity index (χ2n) is 4.05. The minimum atomic E-state index is 0.654. The van der Waals surface area contributed by atoms with Gasteiger partial charge in [-0.3, -0.25) is 0 Å². The summed E-state index contributed by atoms with van der Waals surface area (Å²) in [5, 5.41) is 11.7. The van der Waals surface area contributed by atoms with Crippen molar-refractivity contribution in [1.29, 1.82) is 0 Å². The molecule has 1 aromatic rings. The van der Waals surface area contributed by atoms with Crippen molar-refractivity contribution in [3.8, 4) is 5.75 Å². The molecule has 0 fully saturated rings. The molecule has 0 aliphatic rings. The first-order chi connectivity index (χ1) is 8.76. The van der Waals surface area contributed by atoms with Gasteiger partial charge in [-0.25, -0.2) is 0 Å². The fourth-order valence-corrected chi connectivity index (χ4v) is 1.53. The van der Waals surface area contributed by atoms with Gasteiger partial charge in [0.1, 0.15) is 5.75 Å². The molecule has 18 heavy (non-hydrogen) atoms. The minimum Gasteiger partial charge on any atom is -0.494 e. The third-order valence-corrected chi connectivity index (χ3v) is 2.46. The molecule has 0 bridgehead atoms. The fourth-order valence-electron chi connectivity index (χ4n) is 1.53. The smallest absolute Gasteiger partial charge is 0.119 e. The maximum Gasteiger partial charge on any atom is 0.119 e. The molecule has 0 atom stereocenters. The van der Waals surface area contributed by atoms with Gasteiger partial charge in [0.15, 0.2) is 0 Å². The van der Waals surface area contributed by atoms with Gasteiger partial charge in [0, 0.05) is 26.1 Å². The van der Waals surface area contributed by atoms with Crippen molar-refractivity contribution < 1.29 is 14.7 Å². The first kappa shape index (κ1) is 14.5. The number of oxime groups is 1. The summed E-state index contributed by atoms with van der Waals surface area (Å²) < 4.78 is 10.8. The van der Waals surface area contributed by atoms with Crippen LogP contribution in [-0.2, 0) is 11.2 Å². The highest BCUT2D eigenvalue weighted by Gasteiger charge is 1.98. The molecule has 0 heterocycles.